The number of ether oxygens (including phenoxy) is 4. The van der Waals surface area contributed by atoms with E-state index in [1.54, 1.807) is 0 Å². The van der Waals surface area contributed by atoms with Gasteiger partial charge in [-0.05, 0) is 5.53 Å². The van der Waals surface area contributed by atoms with E-state index in [0.717, 1.165) is 0 Å². The van der Waals surface area contributed by atoms with Crippen LogP contribution in [0.5, 0.6) is 0 Å². The van der Waals surface area contributed by atoms with Crippen LogP contribution >= 0.6 is 0 Å². The third-order valence-electron chi connectivity index (χ3n) is 3.71. The summed E-state index contributed by atoms with van der Waals surface area (Å²) in [6.07, 6.45) is -10.6. The lowest BCUT2D eigenvalue weighted by molar-refractivity contribution is -0.334. The summed E-state index contributed by atoms with van der Waals surface area (Å²) < 4.78 is 20.8. The van der Waals surface area contributed by atoms with Crippen molar-refractivity contribution in [2.24, 2.45) is 5.11 Å². The summed E-state index contributed by atoms with van der Waals surface area (Å²) in [5.74, 6) is 0. The minimum absolute atomic E-state index is 0.0118. The van der Waals surface area contributed by atoms with Crippen molar-refractivity contribution < 1.29 is 44.5 Å². The minimum atomic E-state index is -1.56. The van der Waals surface area contributed by atoms with E-state index in [0.29, 0.717) is 0 Å². The second kappa shape index (κ2) is 8.87. The number of aliphatic hydroxyl groups excluding tert-OH is 5. The second-order valence-corrected chi connectivity index (χ2v) is 5.44. The van der Waals surface area contributed by atoms with Crippen molar-refractivity contribution >= 4 is 0 Å². The third-order valence-corrected chi connectivity index (χ3v) is 3.71. The molecular formula is C12H21N3O9. The van der Waals surface area contributed by atoms with Gasteiger partial charge in [-0.3, -0.25) is 0 Å². The standard InChI is InChI=1S/C12H21N3O9/c13-15-14-1-2-21-11-9(20)10(6(17)4-22-11)24-12-8(19)7(18)5(16)3-23-12/h5-12,16-20H,1-4H2/t5-,6-,7+,8?,9?,10+,11-,12-/m1/s1. The zero-order chi connectivity index (χ0) is 17.7. The highest BCUT2D eigenvalue weighted by Crippen LogP contribution is 2.25. The maximum absolute atomic E-state index is 10.2. The van der Waals surface area contributed by atoms with Crippen LogP contribution in [0.1, 0.15) is 0 Å². The topological polar surface area (TPSA) is 187 Å². The van der Waals surface area contributed by atoms with Crippen LogP contribution in [0.4, 0.5) is 0 Å². The first kappa shape index (κ1) is 19.3. The largest absolute Gasteiger partial charge is 0.388 e. The molecule has 0 radical (unpaired) electrons. The molecule has 24 heavy (non-hydrogen) atoms. The van der Waals surface area contributed by atoms with Gasteiger partial charge in [0.15, 0.2) is 12.6 Å². The molecule has 0 saturated carbocycles. The van der Waals surface area contributed by atoms with Gasteiger partial charge in [0.1, 0.15) is 36.6 Å². The van der Waals surface area contributed by atoms with E-state index >= 15 is 0 Å². The molecule has 0 spiro atoms. The normalized spacial score (nSPS) is 43.2. The zero-order valence-corrected chi connectivity index (χ0v) is 12.7. The molecule has 2 rings (SSSR count). The first-order valence-corrected chi connectivity index (χ1v) is 7.37. The summed E-state index contributed by atoms with van der Waals surface area (Å²) in [5, 5.41) is 52.3. The molecule has 2 heterocycles. The van der Waals surface area contributed by atoms with Crippen molar-refractivity contribution in [3.63, 3.8) is 0 Å². The summed E-state index contributed by atoms with van der Waals surface area (Å²) in [7, 11) is 0. The highest BCUT2D eigenvalue weighted by Gasteiger charge is 2.45. The summed E-state index contributed by atoms with van der Waals surface area (Å²) in [6, 6.07) is 0. The van der Waals surface area contributed by atoms with Crippen LogP contribution in [-0.4, -0.2) is 101 Å². The number of nitrogens with zero attached hydrogens (tertiary/aromatic N) is 3. The molecule has 8 atom stereocenters. The Morgan fingerprint density at radius 3 is 2.33 bits per heavy atom. The van der Waals surface area contributed by atoms with Gasteiger partial charge in [-0.2, -0.15) is 0 Å². The van der Waals surface area contributed by atoms with Gasteiger partial charge in [0.05, 0.1) is 19.8 Å². The van der Waals surface area contributed by atoms with Crippen LogP contribution < -0.4 is 0 Å². The van der Waals surface area contributed by atoms with Gasteiger partial charge in [-0.25, -0.2) is 0 Å². The van der Waals surface area contributed by atoms with E-state index in [1.807, 2.05) is 0 Å². The lowest BCUT2D eigenvalue weighted by Crippen LogP contribution is -2.60. The second-order valence-electron chi connectivity index (χ2n) is 5.44. The van der Waals surface area contributed by atoms with Crippen molar-refractivity contribution in [3.05, 3.63) is 10.4 Å². The predicted octanol–water partition coefficient (Wildman–Crippen LogP) is -2.78. The van der Waals surface area contributed by atoms with Crippen LogP contribution in [0.15, 0.2) is 5.11 Å². The first-order chi connectivity index (χ1) is 11.5. The number of hydrogen-bond donors (Lipinski definition) is 5. The monoisotopic (exact) mass is 351 g/mol. The Hall–Kier alpha value is -1.05. The van der Waals surface area contributed by atoms with Gasteiger partial charge in [-0.1, -0.05) is 5.11 Å². The van der Waals surface area contributed by atoms with Crippen molar-refractivity contribution in [1.82, 2.24) is 0 Å². The number of hydrogen-bond acceptors (Lipinski definition) is 10. The van der Waals surface area contributed by atoms with Crippen LogP contribution in [-0.2, 0) is 18.9 Å². The molecule has 2 fully saturated rings. The first-order valence-electron chi connectivity index (χ1n) is 7.37. The Morgan fingerprint density at radius 1 is 0.958 bits per heavy atom. The maximum atomic E-state index is 10.2. The molecule has 5 N–H and O–H groups in total. The van der Waals surface area contributed by atoms with Gasteiger partial charge in [0.2, 0.25) is 0 Å². The lowest BCUT2D eigenvalue weighted by atomic mass is 10.0. The van der Waals surface area contributed by atoms with Gasteiger partial charge < -0.3 is 44.5 Å². The minimum Gasteiger partial charge on any atom is -0.388 e. The van der Waals surface area contributed by atoms with Crippen LogP contribution in [0.2, 0.25) is 0 Å². The Kier molecular flexibility index (Phi) is 7.13. The van der Waals surface area contributed by atoms with E-state index in [-0.39, 0.29) is 26.4 Å². The summed E-state index contributed by atoms with van der Waals surface area (Å²) in [4.78, 5) is 2.55. The van der Waals surface area contributed by atoms with Crippen molar-refractivity contribution in [3.8, 4) is 0 Å². The molecule has 2 aliphatic heterocycles. The molecule has 12 heteroatoms. The number of aliphatic hydroxyl groups is 5. The molecular weight excluding hydrogens is 330 g/mol. The molecule has 12 nitrogen and oxygen atoms in total. The molecule has 0 bridgehead atoms. The molecule has 2 aliphatic rings. The fourth-order valence-electron chi connectivity index (χ4n) is 2.40. The highest BCUT2D eigenvalue weighted by molar-refractivity contribution is 4.88. The summed E-state index contributed by atoms with van der Waals surface area (Å²) in [6.45, 7) is -0.458. The smallest absolute Gasteiger partial charge is 0.186 e. The molecule has 0 aromatic heterocycles. The average molecular weight is 351 g/mol. The Labute approximate surface area is 136 Å². The fourth-order valence-corrected chi connectivity index (χ4v) is 2.40. The molecule has 2 unspecified atom stereocenters. The van der Waals surface area contributed by atoms with Gasteiger partial charge in [0.25, 0.3) is 0 Å². The summed E-state index contributed by atoms with van der Waals surface area (Å²) >= 11 is 0. The van der Waals surface area contributed by atoms with Gasteiger partial charge >= 0.3 is 0 Å². The predicted molar refractivity (Wildman–Crippen MR) is 74.4 cm³/mol. The lowest BCUT2D eigenvalue weighted by Gasteiger charge is -2.42. The Balaban J connectivity index is 1.93. The van der Waals surface area contributed by atoms with Crippen LogP contribution in [0, 0.1) is 0 Å². The molecule has 138 valence electrons. The van der Waals surface area contributed by atoms with Gasteiger partial charge in [0, 0.05) is 11.5 Å². The van der Waals surface area contributed by atoms with Crippen LogP contribution in [0.25, 0.3) is 10.4 Å². The van der Waals surface area contributed by atoms with Crippen molar-refractivity contribution in [2.75, 3.05) is 26.4 Å². The third kappa shape index (κ3) is 4.52. The molecule has 0 aromatic carbocycles. The Bertz CT molecular complexity index is 449. The van der Waals surface area contributed by atoms with E-state index in [9.17, 15) is 25.5 Å². The Morgan fingerprint density at radius 2 is 1.62 bits per heavy atom. The van der Waals surface area contributed by atoms with E-state index in [4.69, 9.17) is 24.5 Å². The quantitative estimate of drug-likeness (QED) is 0.146. The zero-order valence-electron chi connectivity index (χ0n) is 12.7. The van der Waals surface area contributed by atoms with Gasteiger partial charge in [-0.15, -0.1) is 0 Å². The molecule has 2 saturated heterocycles. The molecule has 0 amide bonds. The molecule has 0 aromatic rings. The SMILES string of the molecule is [N-]=[N+]=NCCO[C@@H]1OC[C@@H](O)[C@H](O[C@H]2OC[C@@H](O)[C@H](O)C2O)C1O. The highest BCUT2D eigenvalue weighted by atomic mass is 16.7. The van der Waals surface area contributed by atoms with Crippen molar-refractivity contribution in [1.29, 1.82) is 0 Å². The average Bonchev–Trinajstić information content (AvgIpc) is 2.57. The number of rotatable bonds is 6. The maximum Gasteiger partial charge on any atom is 0.186 e. The molecule has 0 aliphatic carbocycles. The van der Waals surface area contributed by atoms with E-state index < -0.39 is 49.2 Å². The van der Waals surface area contributed by atoms with Crippen molar-refractivity contribution in [2.45, 2.75) is 49.2 Å². The van der Waals surface area contributed by atoms with Crippen LogP contribution in [0.3, 0.4) is 0 Å². The number of azide groups is 1. The van der Waals surface area contributed by atoms with E-state index in [2.05, 4.69) is 10.0 Å². The van der Waals surface area contributed by atoms with E-state index in [1.165, 1.54) is 0 Å². The summed E-state index contributed by atoms with van der Waals surface area (Å²) in [5.41, 5.74) is 8.17. The fraction of sp³-hybridized carbons (Fsp3) is 1.00.